The van der Waals surface area contributed by atoms with E-state index in [0.29, 0.717) is 33.6 Å². The maximum atomic E-state index is 13.4. The fourth-order valence-electron chi connectivity index (χ4n) is 5.47. The Morgan fingerprint density at radius 1 is 0.938 bits per heavy atom. The van der Waals surface area contributed by atoms with Gasteiger partial charge in [-0.2, -0.15) is 5.10 Å². The van der Waals surface area contributed by atoms with E-state index in [-0.39, 0.29) is 17.7 Å². The Hall–Kier alpha value is -4.65. The van der Waals surface area contributed by atoms with E-state index in [0.717, 1.165) is 53.8 Å². The number of alkyl halides is 1. The lowest BCUT2D eigenvalue weighted by Crippen LogP contribution is -2.29. The summed E-state index contributed by atoms with van der Waals surface area (Å²) < 4.78 is 19.5. The molecule has 0 unspecified atom stereocenters. The summed E-state index contributed by atoms with van der Waals surface area (Å²) in [5.74, 6) is 2.56. The average molecular weight is 762 g/mol. The highest BCUT2D eigenvalue weighted by atomic mass is 127. The summed E-state index contributed by atoms with van der Waals surface area (Å²) in [7, 11) is 1.62. The summed E-state index contributed by atoms with van der Waals surface area (Å²) in [4.78, 5) is 32.8. The second-order valence-electron chi connectivity index (χ2n) is 12.4. The van der Waals surface area contributed by atoms with E-state index in [4.69, 9.17) is 15.9 Å². The van der Waals surface area contributed by atoms with Gasteiger partial charge in [-0.3, -0.25) is 15.1 Å². The van der Waals surface area contributed by atoms with Crippen LogP contribution in [0.5, 0.6) is 17.2 Å². The number of aromatic nitrogens is 3. The molecule has 3 aromatic carbocycles. The molecule has 1 saturated heterocycles. The van der Waals surface area contributed by atoms with Crippen LogP contribution >= 0.6 is 22.6 Å². The number of nitrogens with zero attached hydrogens (tertiary/aromatic N) is 4. The van der Waals surface area contributed by atoms with Crippen molar-refractivity contribution in [1.29, 1.82) is 0 Å². The molecule has 250 valence electrons. The van der Waals surface area contributed by atoms with Crippen LogP contribution in [0, 0.1) is 0 Å². The van der Waals surface area contributed by atoms with Crippen molar-refractivity contribution in [2.75, 3.05) is 35.7 Å². The number of nitrogens with one attached hydrogen (secondary N) is 2. The van der Waals surface area contributed by atoms with Crippen molar-refractivity contribution < 1.29 is 20.4 Å². The average Bonchev–Trinajstić information content (AvgIpc) is 3.78. The van der Waals surface area contributed by atoms with E-state index in [1.807, 2.05) is 94.2 Å². The highest BCUT2D eigenvalue weighted by Crippen LogP contribution is 2.35. The van der Waals surface area contributed by atoms with Crippen LogP contribution in [0.4, 0.5) is 16.3 Å². The van der Waals surface area contributed by atoms with Gasteiger partial charge in [0.1, 0.15) is 23.1 Å². The first-order chi connectivity index (χ1) is 23.6. The number of carbonyl (C=O) groups excluding carboxylic acids is 2. The molecule has 1 fully saturated rings. The van der Waals surface area contributed by atoms with Crippen LogP contribution in [0.25, 0.3) is 16.5 Å². The van der Waals surface area contributed by atoms with Crippen LogP contribution in [-0.2, 0) is 16.6 Å². The van der Waals surface area contributed by atoms with Crippen LogP contribution in [-0.4, -0.2) is 56.7 Å². The molecule has 0 bridgehead atoms. The van der Waals surface area contributed by atoms with E-state index < -0.39 is 6.03 Å². The zero-order valence-corrected chi connectivity index (χ0v) is 29.8. The number of amides is 3. The summed E-state index contributed by atoms with van der Waals surface area (Å²) in [5.41, 5.74) is 2.69. The number of benzene rings is 3. The van der Waals surface area contributed by atoms with Crippen LogP contribution in [0.2, 0.25) is 0 Å². The van der Waals surface area contributed by atoms with Crippen molar-refractivity contribution in [3.63, 3.8) is 0 Å². The van der Waals surface area contributed by atoms with Crippen molar-refractivity contribution in [3.8, 4) is 22.9 Å². The van der Waals surface area contributed by atoms with Gasteiger partial charge in [0.2, 0.25) is 5.91 Å². The third-order valence-corrected chi connectivity index (χ3v) is 7.98. The van der Waals surface area contributed by atoms with Crippen LogP contribution in [0.3, 0.4) is 0 Å². The first-order valence-electron chi connectivity index (χ1n) is 16.4. The molecule has 0 atom stereocenters. The minimum Gasteiger partial charge on any atom is -0.497 e. The van der Waals surface area contributed by atoms with Gasteiger partial charge in [0.15, 0.2) is 0 Å². The van der Waals surface area contributed by atoms with Crippen molar-refractivity contribution >= 4 is 56.8 Å². The van der Waals surface area contributed by atoms with Gasteiger partial charge in [0, 0.05) is 49.0 Å². The predicted octanol–water partition coefficient (Wildman–Crippen LogP) is 8.38. The second kappa shape index (κ2) is 15.5. The van der Waals surface area contributed by atoms with Gasteiger partial charge in [-0.1, -0.05) is 67.6 Å². The zero-order chi connectivity index (χ0) is 35.0. The fourth-order valence-corrected chi connectivity index (χ4v) is 5.47. The fraction of sp³-hybridized carbons (Fsp3) is 0.297. The van der Waals surface area contributed by atoms with Crippen molar-refractivity contribution in [2.45, 2.75) is 45.4 Å². The maximum Gasteiger partial charge on any atom is 0.324 e. The monoisotopic (exact) mass is 761 g/mol. The first kappa shape index (κ1) is 33.3. The largest absolute Gasteiger partial charge is 0.497 e. The summed E-state index contributed by atoms with van der Waals surface area (Å²) in [6.07, 6.45) is 4.00. The Morgan fingerprint density at radius 2 is 1.65 bits per heavy atom. The molecule has 11 heteroatoms. The van der Waals surface area contributed by atoms with Crippen molar-refractivity contribution in [3.05, 3.63) is 96.4 Å². The summed E-state index contributed by atoms with van der Waals surface area (Å²) >= 11 is 1.96. The van der Waals surface area contributed by atoms with E-state index in [2.05, 4.69) is 36.4 Å². The van der Waals surface area contributed by atoms with Gasteiger partial charge >= 0.3 is 6.03 Å². The molecular weight excluding hydrogens is 719 g/mol. The number of ether oxygens (including phenoxy) is 2. The van der Waals surface area contributed by atoms with E-state index in [1.165, 1.54) is 0 Å². The molecule has 1 aliphatic rings. The Labute approximate surface area is 296 Å². The number of hydrogen-bond acceptors (Lipinski definition) is 6. The molecule has 0 aliphatic carbocycles. The molecule has 1 aliphatic heterocycles. The smallest absolute Gasteiger partial charge is 0.324 e. The number of likely N-dealkylation sites (tertiary alicyclic amines) is 1. The van der Waals surface area contributed by atoms with E-state index in [9.17, 15) is 9.59 Å². The number of anilines is 2. The predicted molar refractivity (Wildman–Crippen MR) is 199 cm³/mol. The third-order valence-electron chi connectivity index (χ3n) is 7.98. The molecule has 2 N–H and O–H groups in total. The number of hydrogen-bond donors (Lipinski definition) is 2. The Kier molecular flexibility index (Phi) is 10.7. The molecule has 0 radical (unpaired) electrons. The Bertz CT molecular complexity index is 1900. The quantitative estimate of drug-likeness (QED) is 0.122. The lowest BCUT2D eigenvalue weighted by molar-refractivity contribution is -0.129. The molecule has 6 rings (SSSR count). The van der Waals surface area contributed by atoms with Crippen LogP contribution < -0.4 is 20.1 Å². The molecule has 0 saturated carbocycles. The SMILES string of the molecule is COc1ccc(-n2nc(C(C)(C)C)cc2NC(=O)Nc2ccc(Oc3ccnc(CC(=O)N4CCCC4)c3)c3ccccc23)cc1.[2H]CI. The lowest BCUT2D eigenvalue weighted by Gasteiger charge is -2.16. The van der Waals surface area contributed by atoms with E-state index in [1.54, 1.807) is 30.1 Å². The minimum absolute atomic E-state index is 0.0861. The molecule has 3 heterocycles. The normalized spacial score (nSPS) is 12.9. The number of pyridine rings is 1. The molecule has 10 nitrogen and oxygen atoms in total. The lowest BCUT2D eigenvalue weighted by atomic mass is 9.92. The third kappa shape index (κ3) is 8.25. The topological polar surface area (TPSA) is 111 Å². The number of carbonyl (C=O) groups is 2. The first-order valence-corrected chi connectivity index (χ1v) is 17.2. The standard InChI is InChI=1S/C36H38N6O4.CH3I/c1-36(2,3)32-23-33(42(40-32)25-11-13-26(45-4)14-12-25)39-35(44)38-30-15-16-31(29-10-6-5-9-28(29)30)46-27-17-18-37-24(21-27)22-34(43)41-19-7-8-20-41;1-2/h5-6,9-18,21,23H,7-8,19-20,22H2,1-4H3,(H2,38,39,44);1H3/i;1D. The summed E-state index contributed by atoms with van der Waals surface area (Å²) in [6, 6.07) is 23.9. The molecule has 3 amide bonds. The van der Waals surface area contributed by atoms with Crippen LogP contribution in [0.15, 0.2) is 85.1 Å². The number of rotatable bonds is 8. The van der Waals surface area contributed by atoms with Gasteiger partial charge in [-0.25, -0.2) is 9.48 Å². The van der Waals surface area contributed by atoms with Gasteiger partial charge < -0.3 is 19.7 Å². The highest BCUT2D eigenvalue weighted by molar-refractivity contribution is 14.1. The highest BCUT2D eigenvalue weighted by Gasteiger charge is 2.22. The second-order valence-corrected chi connectivity index (χ2v) is 12.4. The van der Waals surface area contributed by atoms with Gasteiger partial charge in [0.05, 0.1) is 36.3 Å². The number of fused-ring (bicyclic) bond motifs is 1. The van der Waals surface area contributed by atoms with E-state index >= 15 is 0 Å². The number of urea groups is 1. The summed E-state index contributed by atoms with van der Waals surface area (Å²) in [5, 5.41) is 12.4. The Morgan fingerprint density at radius 3 is 2.33 bits per heavy atom. The molecule has 0 spiro atoms. The van der Waals surface area contributed by atoms with Gasteiger partial charge in [-0.15, -0.1) is 0 Å². The van der Waals surface area contributed by atoms with Gasteiger partial charge in [0.25, 0.3) is 0 Å². The molecule has 48 heavy (non-hydrogen) atoms. The maximum absolute atomic E-state index is 13.4. The van der Waals surface area contributed by atoms with Crippen molar-refractivity contribution in [2.24, 2.45) is 0 Å². The number of halogens is 1. The Balaban J connectivity index is 0.00000151. The molecular formula is C37H41IN6O4. The molecule has 2 aromatic heterocycles. The van der Waals surface area contributed by atoms with Crippen molar-refractivity contribution in [1.82, 2.24) is 19.7 Å². The van der Waals surface area contributed by atoms with Crippen LogP contribution in [0.1, 0.15) is 46.4 Å². The minimum atomic E-state index is -0.407. The van der Waals surface area contributed by atoms with Gasteiger partial charge in [-0.05, 0) is 60.2 Å². The molecule has 5 aromatic rings. The number of methoxy groups -OCH3 is 1. The summed E-state index contributed by atoms with van der Waals surface area (Å²) in [6.45, 7) is 7.85. The zero-order valence-electron chi connectivity index (χ0n) is 28.6.